The molecule has 4 amide bonds. The largest absolute Gasteiger partial charge is 0.463 e. The van der Waals surface area contributed by atoms with Crippen LogP contribution in [0.5, 0.6) is 0 Å². The molecule has 0 bridgehead atoms. The number of carbonyl (C=O) groups is 4. The summed E-state index contributed by atoms with van der Waals surface area (Å²) in [6.45, 7) is -0.424. The van der Waals surface area contributed by atoms with Gasteiger partial charge in [0.2, 0.25) is 11.8 Å². The van der Waals surface area contributed by atoms with Gasteiger partial charge in [0.25, 0.3) is 17.5 Å². The van der Waals surface area contributed by atoms with Crippen LogP contribution in [0.2, 0.25) is 0 Å². The van der Waals surface area contributed by atoms with Crippen molar-refractivity contribution < 1.29 is 33.6 Å². The van der Waals surface area contributed by atoms with E-state index >= 15 is 0 Å². The lowest BCUT2D eigenvalue weighted by Crippen LogP contribution is -2.60. The van der Waals surface area contributed by atoms with Crippen molar-refractivity contribution in [2.24, 2.45) is 17.8 Å². The van der Waals surface area contributed by atoms with E-state index in [4.69, 9.17) is 27.6 Å². The van der Waals surface area contributed by atoms with Crippen molar-refractivity contribution in [2.45, 2.75) is 35.1 Å². The molecule has 11 nitrogen and oxygen atoms in total. The molecule has 0 spiro atoms. The van der Waals surface area contributed by atoms with Crippen LogP contribution in [-0.4, -0.2) is 53.8 Å². The molecule has 0 radical (unpaired) electrons. The Labute approximate surface area is 244 Å². The van der Waals surface area contributed by atoms with Gasteiger partial charge in [-0.15, -0.1) is 23.2 Å². The highest BCUT2D eigenvalue weighted by Gasteiger charge is 2.76. The molecule has 6 rings (SSSR count). The standard InChI is InChI=1S/C26H20BrCl2N3O8/c27-11-30-23(36)25(28)9-17-15(20(26(25,29)24(30)37)18-7-4-14(10-33)40-18)5-6-16-19(17)22(35)31(21(16)34)12-2-1-3-13(8-12)32(38)39/h1-5,7-8,16-17,19-20,33H,6,9-11H2. The van der Waals surface area contributed by atoms with E-state index in [0.29, 0.717) is 5.57 Å². The number of aliphatic hydroxyl groups is 1. The summed E-state index contributed by atoms with van der Waals surface area (Å²) in [5.41, 5.74) is 0.161. The first kappa shape index (κ1) is 27.1. The number of fused-ring (bicyclic) bond motifs is 4. The molecule has 6 unspecified atom stereocenters. The van der Waals surface area contributed by atoms with Crippen LogP contribution in [0.15, 0.2) is 52.5 Å². The zero-order valence-electron chi connectivity index (χ0n) is 20.5. The number of imide groups is 2. The number of amides is 4. The van der Waals surface area contributed by atoms with Crippen LogP contribution in [0, 0.1) is 27.9 Å². The van der Waals surface area contributed by atoms with Crippen LogP contribution >= 0.6 is 39.1 Å². The lowest BCUT2D eigenvalue weighted by Gasteiger charge is -2.49. The van der Waals surface area contributed by atoms with E-state index in [1.807, 2.05) is 0 Å². The first-order chi connectivity index (χ1) is 19.0. The number of allylic oxidation sites excluding steroid dienone is 2. The molecule has 1 N–H and O–H groups in total. The summed E-state index contributed by atoms with van der Waals surface area (Å²) < 4.78 is 5.82. The van der Waals surface area contributed by atoms with Gasteiger partial charge in [-0.3, -0.25) is 34.2 Å². The van der Waals surface area contributed by atoms with Gasteiger partial charge in [-0.2, -0.15) is 0 Å². The highest BCUT2D eigenvalue weighted by molar-refractivity contribution is 9.09. The third-order valence-corrected chi connectivity index (χ3v) is 10.4. The van der Waals surface area contributed by atoms with Gasteiger partial charge < -0.3 is 9.52 Å². The van der Waals surface area contributed by atoms with Gasteiger partial charge in [0.05, 0.1) is 33.8 Å². The summed E-state index contributed by atoms with van der Waals surface area (Å²) in [6.07, 6.45) is 1.67. The second kappa shape index (κ2) is 9.23. The number of benzene rings is 1. The molecule has 40 heavy (non-hydrogen) atoms. The van der Waals surface area contributed by atoms with E-state index in [0.717, 1.165) is 15.9 Å². The van der Waals surface area contributed by atoms with E-state index in [1.54, 1.807) is 12.1 Å². The number of nitrogens with zero attached hydrogens (tertiary/aromatic N) is 3. The number of likely N-dealkylation sites (tertiary alicyclic amines) is 1. The monoisotopic (exact) mass is 651 g/mol. The van der Waals surface area contributed by atoms with Gasteiger partial charge in [0, 0.05) is 12.1 Å². The Bertz CT molecular complexity index is 1540. The van der Waals surface area contributed by atoms with Crippen LogP contribution in [0.4, 0.5) is 11.4 Å². The van der Waals surface area contributed by atoms with Crippen molar-refractivity contribution in [3.05, 3.63) is 69.7 Å². The number of anilines is 1. The summed E-state index contributed by atoms with van der Waals surface area (Å²) in [6, 6.07) is 8.30. The van der Waals surface area contributed by atoms with Gasteiger partial charge in [-0.25, -0.2) is 4.90 Å². The lowest BCUT2D eigenvalue weighted by atomic mass is 9.57. The number of carbonyl (C=O) groups excluding carboxylic acids is 4. The van der Waals surface area contributed by atoms with Gasteiger partial charge in [0.15, 0.2) is 9.75 Å². The second-order valence-corrected chi connectivity index (χ2v) is 12.0. The predicted molar refractivity (Wildman–Crippen MR) is 144 cm³/mol. The molecule has 208 valence electrons. The molecule has 2 aliphatic heterocycles. The zero-order chi connectivity index (χ0) is 28.7. The Morgan fingerprint density at radius 1 is 1.10 bits per heavy atom. The zero-order valence-corrected chi connectivity index (χ0v) is 23.6. The maximum atomic E-state index is 13.9. The summed E-state index contributed by atoms with van der Waals surface area (Å²) in [7, 11) is 0. The molecule has 1 aromatic heterocycles. The van der Waals surface area contributed by atoms with Gasteiger partial charge in [-0.1, -0.05) is 33.6 Å². The molecule has 3 heterocycles. The van der Waals surface area contributed by atoms with E-state index in [9.17, 15) is 34.4 Å². The van der Waals surface area contributed by atoms with Crippen LogP contribution in [0.3, 0.4) is 0 Å². The highest BCUT2D eigenvalue weighted by atomic mass is 79.9. The highest BCUT2D eigenvalue weighted by Crippen LogP contribution is 2.65. The van der Waals surface area contributed by atoms with Gasteiger partial charge >= 0.3 is 0 Å². The first-order valence-electron chi connectivity index (χ1n) is 12.3. The molecule has 4 aliphatic rings. The minimum atomic E-state index is -2.01. The van der Waals surface area contributed by atoms with Crippen molar-refractivity contribution in [3.8, 4) is 0 Å². The number of furan rings is 1. The molecule has 2 aliphatic carbocycles. The fourth-order valence-corrected chi connectivity index (χ4v) is 8.11. The number of hydrogen-bond acceptors (Lipinski definition) is 8. The average molecular weight is 653 g/mol. The van der Waals surface area contributed by atoms with Crippen LogP contribution < -0.4 is 4.90 Å². The van der Waals surface area contributed by atoms with Crippen molar-refractivity contribution in [1.82, 2.24) is 4.90 Å². The molecule has 1 saturated carbocycles. The third kappa shape index (κ3) is 3.39. The topological polar surface area (TPSA) is 151 Å². The molecule has 1 aromatic carbocycles. The number of halogens is 3. The lowest BCUT2D eigenvalue weighted by molar-refractivity contribution is -0.384. The summed E-state index contributed by atoms with van der Waals surface area (Å²) in [5, 5.41) is 20.9. The predicted octanol–water partition coefficient (Wildman–Crippen LogP) is 3.60. The smallest absolute Gasteiger partial charge is 0.271 e. The SMILES string of the molecule is O=C1C2CC=C3C(CC4(Cl)C(=O)N(CBr)C(=O)C4(Cl)C3c3ccc(CO)o3)C2C(=O)N1c1cccc([N+](=O)[O-])c1. The first-order valence-corrected chi connectivity index (χ1v) is 14.2. The minimum absolute atomic E-state index is 0.0657. The number of hydrogen-bond donors (Lipinski definition) is 1. The number of non-ortho nitro benzene ring substituents is 1. The molecule has 2 aromatic rings. The molecule has 14 heteroatoms. The number of rotatable bonds is 5. The van der Waals surface area contributed by atoms with E-state index in [1.165, 1.54) is 24.3 Å². The number of aliphatic hydroxyl groups excluding tert-OH is 1. The summed E-state index contributed by atoms with van der Waals surface area (Å²) in [5.74, 6) is -5.82. The quantitative estimate of drug-likeness (QED) is 0.129. The van der Waals surface area contributed by atoms with E-state index < -0.39 is 68.6 Å². The third-order valence-electron chi connectivity index (χ3n) is 8.44. The Hall–Kier alpha value is -3.06. The minimum Gasteiger partial charge on any atom is -0.463 e. The Balaban J connectivity index is 1.49. The van der Waals surface area contributed by atoms with Crippen molar-refractivity contribution in [2.75, 3.05) is 10.4 Å². The fourth-order valence-electron chi connectivity index (χ4n) is 6.70. The fraction of sp³-hybridized carbons (Fsp3) is 0.385. The Kier molecular flexibility index (Phi) is 6.26. The van der Waals surface area contributed by atoms with Crippen LogP contribution in [0.1, 0.15) is 30.3 Å². The molecular formula is C26H20BrCl2N3O8. The molecule has 2 saturated heterocycles. The number of nitro groups is 1. The van der Waals surface area contributed by atoms with Crippen molar-refractivity contribution in [3.63, 3.8) is 0 Å². The maximum Gasteiger partial charge on any atom is 0.271 e. The Morgan fingerprint density at radius 2 is 1.85 bits per heavy atom. The van der Waals surface area contributed by atoms with Crippen LogP contribution in [-0.2, 0) is 25.8 Å². The molecule has 3 fully saturated rings. The number of nitro benzene ring substituents is 1. The number of alkyl halides is 3. The van der Waals surface area contributed by atoms with Crippen molar-refractivity contribution >= 4 is 74.1 Å². The van der Waals surface area contributed by atoms with Gasteiger partial charge in [0.1, 0.15) is 18.1 Å². The van der Waals surface area contributed by atoms with Crippen LogP contribution in [0.25, 0.3) is 0 Å². The summed E-state index contributed by atoms with van der Waals surface area (Å²) >= 11 is 17.3. The average Bonchev–Trinajstić information content (AvgIpc) is 3.55. The van der Waals surface area contributed by atoms with E-state index in [-0.39, 0.29) is 41.2 Å². The van der Waals surface area contributed by atoms with E-state index in [2.05, 4.69) is 15.9 Å². The normalized spacial score (nSPS) is 33.1. The summed E-state index contributed by atoms with van der Waals surface area (Å²) in [4.78, 5) is 63.3. The molecule has 6 atom stereocenters. The van der Waals surface area contributed by atoms with Crippen molar-refractivity contribution in [1.29, 1.82) is 0 Å². The molecular weight excluding hydrogens is 633 g/mol. The second-order valence-electron chi connectivity index (χ2n) is 10.2. The van der Waals surface area contributed by atoms with Gasteiger partial charge in [-0.05, 0) is 37.0 Å². The Morgan fingerprint density at radius 3 is 2.50 bits per heavy atom. The maximum absolute atomic E-state index is 13.9.